The van der Waals surface area contributed by atoms with Gasteiger partial charge in [-0.05, 0) is 37.0 Å². The fraction of sp³-hybridized carbons (Fsp3) is 0.323. The molecule has 0 saturated carbocycles. The van der Waals surface area contributed by atoms with Gasteiger partial charge in [0.1, 0.15) is 11.2 Å². The Labute approximate surface area is 222 Å². The van der Waals surface area contributed by atoms with Crippen LogP contribution in [0, 0.1) is 0 Å². The van der Waals surface area contributed by atoms with E-state index in [1.807, 2.05) is 0 Å². The SMILES string of the molecule is CCCc1nc2sc3c(N(Cc4ccccc4)Cc4ccccc4)ncnc3c2c2c1COC(C)(C)C2. The van der Waals surface area contributed by atoms with E-state index in [4.69, 9.17) is 19.7 Å². The molecule has 0 N–H and O–H groups in total. The number of rotatable bonds is 7. The molecule has 0 saturated heterocycles. The minimum absolute atomic E-state index is 0.207. The van der Waals surface area contributed by atoms with Crippen molar-refractivity contribution >= 4 is 37.6 Å². The van der Waals surface area contributed by atoms with Crippen molar-refractivity contribution < 1.29 is 4.74 Å². The van der Waals surface area contributed by atoms with Crippen molar-refractivity contribution in [1.82, 2.24) is 15.0 Å². The Balaban J connectivity index is 1.54. The van der Waals surface area contributed by atoms with Gasteiger partial charge in [-0.1, -0.05) is 74.0 Å². The molecule has 3 aromatic heterocycles. The third-order valence-electron chi connectivity index (χ3n) is 7.11. The molecule has 37 heavy (non-hydrogen) atoms. The van der Waals surface area contributed by atoms with Crippen molar-refractivity contribution in [2.75, 3.05) is 4.90 Å². The van der Waals surface area contributed by atoms with E-state index in [2.05, 4.69) is 86.3 Å². The molecule has 2 aromatic carbocycles. The maximum Gasteiger partial charge on any atom is 0.150 e. The molecular formula is C31H32N4OS. The summed E-state index contributed by atoms with van der Waals surface area (Å²) in [4.78, 5) is 18.3. The molecule has 0 bridgehead atoms. The highest BCUT2D eigenvalue weighted by atomic mass is 32.1. The second-order valence-electron chi connectivity index (χ2n) is 10.5. The molecule has 1 aliphatic rings. The zero-order chi connectivity index (χ0) is 25.4. The molecule has 0 atom stereocenters. The quantitative estimate of drug-likeness (QED) is 0.232. The van der Waals surface area contributed by atoms with Crippen LogP contribution in [0.25, 0.3) is 20.4 Å². The summed E-state index contributed by atoms with van der Waals surface area (Å²) in [6, 6.07) is 21.2. The topological polar surface area (TPSA) is 51.1 Å². The van der Waals surface area contributed by atoms with Gasteiger partial charge in [-0.3, -0.25) is 0 Å². The van der Waals surface area contributed by atoms with Gasteiger partial charge in [0.25, 0.3) is 0 Å². The summed E-state index contributed by atoms with van der Waals surface area (Å²) >= 11 is 1.73. The van der Waals surface area contributed by atoms with Crippen LogP contribution in [0.4, 0.5) is 5.82 Å². The van der Waals surface area contributed by atoms with Gasteiger partial charge in [0, 0.05) is 36.2 Å². The first-order valence-corrected chi connectivity index (χ1v) is 13.9. The lowest BCUT2D eigenvalue weighted by molar-refractivity contribution is -0.0401. The van der Waals surface area contributed by atoms with E-state index in [1.54, 1.807) is 17.7 Å². The van der Waals surface area contributed by atoms with Crippen LogP contribution in [-0.2, 0) is 37.3 Å². The summed E-state index contributed by atoms with van der Waals surface area (Å²) in [6.07, 6.45) is 4.61. The highest BCUT2D eigenvalue weighted by Crippen LogP contribution is 2.43. The molecule has 6 rings (SSSR count). The molecule has 5 aromatic rings. The minimum Gasteiger partial charge on any atom is -0.370 e. The number of benzene rings is 2. The van der Waals surface area contributed by atoms with Gasteiger partial charge in [-0.2, -0.15) is 0 Å². The van der Waals surface area contributed by atoms with Crippen LogP contribution in [0.3, 0.4) is 0 Å². The Kier molecular flexibility index (Phi) is 6.39. The predicted octanol–water partition coefficient (Wildman–Crippen LogP) is 7.25. The number of nitrogens with zero attached hydrogens (tertiary/aromatic N) is 4. The van der Waals surface area contributed by atoms with Crippen LogP contribution in [0.1, 0.15) is 55.1 Å². The average Bonchev–Trinajstić information content (AvgIpc) is 3.28. The van der Waals surface area contributed by atoms with Crippen molar-refractivity contribution in [3.8, 4) is 0 Å². The summed E-state index contributed by atoms with van der Waals surface area (Å²) in [6.45, 7) is 8.72. The zero-order valence-corrected chi connectivity index (χ0v) is 22.5. The number of aromatic nitrogens is 3. The minimum atomic E-state index is -0.207. The number of anilines is 1. The molecular weight excluding hydrogens is 476 g/mol. The normalized spacial score (nSPS) is 14.7. The van der Waals surface area contributed by atoms with Gasteiger partial charge in [0.05, 0.1) is 22.4 Å². The maximum absolute atomic E-state index is 6.23. The van der Waals surface area contributed by atoms with Crippen LogP contribution in [0.15, 0.2) is 67.0 Å². The monoisotopic (exact) mass is 508 g/mol. The number of hydrogen-bond donors (Lipinski definition) is 0. The summed E-state index contributed by atoms with van der Waals surface area (Å²) < 4.78 is 7.34. The lowest BCUT2D eigenvalue weighted by Crippen LogP contribution is -2.32. The smallest absolute Gasteiger partial charge is 0.150 e. The van der Waals surface area contributed by atoms with Gasteiger partial charge in [-0.15, -0.1) is 11.3 Å². The number of aryl methyl sites for hydroxylation is 1. The fourth-order valence-electron chi connectivity index (χ4n) is 5.34. The number of thiophene rings is 1. The Morgan fingerprint density at radius 2 is 1.59 bits per heavy atom. The lowest BCUT2D eigenvalue weighted by atomic mass is 9.88. The zero-order valence-electron chi connectivity index (χ0n) is 21.7. The molecule has 4 heterocycles. The number of pyridine rings is 1. The van der Waals surface area contributed by atoms with Crippen molar-refractivity contribution in [3.63, 3.8) is 0 Å². The third kappa shape index (κ3) is 4.72. The van der Waals surface area contributed by atoms with Gasteiger partial charge in [0.15, 0.2) is 5.82 Å². The molecule has 6 heteroatoms. The summed E-state index contributed by atoms with van der Waals surface area (Å²) in [5.74, 6) is 0.970. The summed E-state index contributed by atoms with van der Waals surface area (Å²) in [7, 11) is 0. The molecule has 0 aliphatic carbocycles. The standard InChI is InChI=1S/C31H32N4OS/c1-4-11-25-24-19-36-31(2,3)16-23(24)26-27-28(37-30(26)34-25)29(33-20-32-27)35(17-21-12-7-5-8-13-21)18-22-14-9-6-10-15-22/h5-10,12-15,20H,4,11,16-19H2,1-3H3. The van der Waals surface area contributed by atoms with Crippen LogP contribution < -0.4 is 4.90 Å². The Morgan fingerprint density at radius 1 is 0.919 bits per heavy atom. The lowest BCUT2D eigenvalue weighted by Gasteiger charge is -2.33. The second-order valence-corrected chi connectivity index (χ2v) is 11.5. The molecule has 5 nitrogen and oxygen atoms in total. The van der Waals surface area contributed by atoms with Crippen molar-refractivity contribution in [2.45, 2.75) is 65.3 Å². The molecule has 0 amide bonds. The summed E-state index contributed by atoms with van der Waals surface area (Å²) in [5.41, 5.74) is 7.11. The summed E-state index contributed by atoms with van der Waals surface area (Å²) in [5, 5.41) is 1.19. The highest BCUT2D eigenvalue weighted by Gasteiger charge is 2.32. The second kappa shape index (κ2) is 9.84. The molecule has 0 spiro atoms. The maximum atomic E-state index is 6.23. The number of ether oxygens (including phenoxy) is 1. The van der Waals surface area contributed by atoms with E-state index in [9.17, 15) is 0 Å². The predicted molar refractivity (Wildman–Crippen MR) is 152 cm³/mol. The molecule has 0 unspecified atom stereocenters. The van der Waals surface area contributed by atoms with Crippen LogP contribution >= 0.6 is 11.3 Å². The number of fused-ring (bicyclic) bond motifs is 5. The van der Waals surface area contributed by atoms with Gasteiger partial charge >= 0.3 is 0 Å². The van der Waals surface area contributed by atoms with E-state index in [0.717, 1.165) is 53.2 Å². The number of hydrogen-bond acceptors (Lipinski definition) is 6. The largest absolute Gasteiger partial charge is 0.370 e. The van der Waals surface area contributed by atoms with Gasteiger partial charge < -0.3 is 9.64 Å². The average molecular weight is 509 g/mol. The Hall–Kier alpha value is -3.35. The first-order chi connectivity index (χ1) is 18.0. The van der Waals surface area contributed by atoms with Gasteiger partial charge in [0.2, 0.25) is 0 Å². The third-order valence-corrected chi connectivity index (χ3v) is 8.18. The fourth-order valence-corrected chi connectivity index (χ4v) is 6.54. The molecule has 1 aliphatic heterocycles. The molecule has 0 radical (unpaired) electrons. The van der Waals surface area contributed by atoms with Gasteiger partial charge in [-0.25, -0.2) is 15.0 Å². The molecule has 188 valence electrons. The van der Waals surface area contributed by atoms with Crippen LogP contribution in [0.2, 0.25) is 0 Å². The van der Waals surface area contributed by atoms with Crippen molar-refractivity contribution in [1.29, 1.82) is 0 Å². The first kappa shape index (κ1) is 24.0. The van der Waals surface area contributed by atoms with E-state index < -0.39 is 0 Å². The van der Waals surface area contributed by atoms with E-state index >= 15 is 0 Å². The van der Waals surface area contributed by atoms with Crippen LogP contribution in [-0.4, -0.2) is 20.6 Å². The van der Waals surface area contributed by atoms with Crippen molar-refractivity contribution in [2.24, 2.45) is 0 Å². The van der Waals surface area contributed by atoms with E-state index in [-0.39, 0.29) is 5.60 Å². The Morgan fingerprint density at radius 3 is 2.24 bits per heavy atom. The first-order valence-electron chi connectivity index (χ1n) is 13.1. The van der Waals surface area contributed by atoms with Crippen LogP contribution in [0.5, 0.6) is 0 Å². The molecule has 0 fully saturated rings. The van der Waals surface area contributed by atoms with Crippen molar-refractivity contribution in [3.05, 3.63) is 94.9 Å². The van der Waals surface area contributed by atoms with E-state index in [1.165, 1.54) is 33.3 Å². The van der Waals surface area contributed by atoms with E-state index in [0.29, 0.717) is 6.61 Å². The Bertz CT molecular complexity index is 1500. The highest BCUT2D eigenvalue weighted by molar-refractivity contribution is 7.26.